The molecule has 5 nitrogen and oxygen atoms in total. The van der Waals surface area contributed by atoms with Gasteiger partial charge in [0.05, 0.1) is 4.47 Å². The van der Waals surface area contributed by atoms with Gasteiger partial charge in [0.15, 0.2) is 0 Å². The SMILES string of the molecule is Cc1cc(Br)c(F)cc1NC(=O)NC1(C(=O)O)CC1. The maximum Gasteiger partial charge on any atom is 0.329 e. The number of aryl methyl sites for hydroxylation is 1. The summed E-state index contributed by atoms with van der Waals surface area (Å²) in [5, 5.41) is 13.8. The van der Waals surface area contributed by atoms with Crippen molar-refractivity contribution in [1.82, 2.24) is 5.32 Å². The van der Waals surface area contributed by atoms with Crippen molar-refractivity contribution in [1.29, 1.82) is 0 Å². The summed E-state index contributed by atoms with van der Waals surface area (Å²) in [7, 11) is 0. The Morgan fingerprint density at radius 2 is 2.05 bits per heavy atom. The molecule has 0 saturated heterocycles. The van der Waals surface area contributed by atoms with Gasteiger partial charge in [-0.25, -0.2) is 14.0 Å². The molecule has 2 rings (SSSR count). The fraction of sp³-hybridized carbons (Fsp3) is 0.333. The van der Waals surface area contributed by atoms with E-state index in [-0.39, 0.29) is 0 Å². The first-order valence-corrected chi connectivity index (χ1v) is 6.41. The summed E-state index contributed by atoms with van der Waals surface area (Å²) in [6, 6.07) is 2.07. The Hall–Kier alpha value is -1.63. The number of carbonyl (C=O) groups excluding carboxylic acids is 1. The van der Waals surface area contributed by atoms with Gasteiger partial charge in [-0.15, -0.1) is 0 Å². The molecular formula is C12H12BrFN2O3. The molecule has 0 aromatic heterocycles. The minimum atomic E-state index is -1.16. The van der Waals surface area contributed by atoms with E-state index < -0.39 is 23.4 Å². The van der Waals surface area contributed by atoms with Gasteiger partial charge in [0.1, 0.15) is 11.4 Å². The minimum Gasteiger partial charge on any atom is -0.480 e. The zero-order chi connectivity index (χ0) is 14.2. The Bertz CT molecular complexity index is 558. The van der Waals surface area contributed by atoms with Crippen LogP contribution < -0.4 is 10.6 Å². The van der Waals surface area contributed by atoms with Gasteiger partial charge in [0, 0.05) is 5.69 Å². The van der Waals surface area contributed by atoms with E-state index in [1.807, 2.05) is 0 Å². The second-order valence-electron chi connectivity index (χ2n) is 4.55. The number of rotatable bonds is 3. The van der Waals surface area contributed by atoms with Crippen LogP contribution in [-0.4, -0.2) is 22.6 Å². The molecule has 3 N–H and O–H groups in total. The second kappa shape index (κ2) is 4.80. The summed E-state index contributed by atoms with van der Waals surface area (Å²) in [5.74, 6) is -1.55. The van der Waals surface area contributed by atoms with Crippen molar-refractivity contribution in [3.05, 3.63) is 28.0 Å². The summed E-state index contributed by atoms with van der Waals surface area (Å²) in [4.78, 5) is 22.6. The first-order valence-electron chi connectivity index (χ1n) is 5.62. The van der Waals surface area contributed by atoms with Crippen LogP contribution in [0, 0.1) is 12.7 Å². The molecule has 0 bridgehead atoms. The smallest absolute Gasteiger partial charge is 0.329 e. The van der Waals surface area contributed by atoms with Crippen LogP contribution in [-0.2, 0) is 4.79 Å². The van der Waals surface area contributed by atoms with Crippen LogP contribution >= 0.6 is 15.9 Å². The monoisotopic (exact) mass is 330 g/mol. The quantitative estimate of drug-likeness (QED) is 0.797. The fourth-order valence-corrected chi connectivity index (χ4v) is 2.13. The highest BCUT2D eigenvalue weighted by Crippen LogP contribution is 2.35. The number of hydrogen-bond donors (Lipinski definition) is 3. The average Bonchev–Trinajstić information content (AvgIpc) is 3.06. The summed E-state index contributed by atoms with van der Waals surface area (Å²) < 4.78 is 13.7. The predicted molar refractivity (Wildman–Crippen MR) is 70.6 cm³/mol. The molecule has 0 unspecified atom stereocenters. The van der Waals surface area contributed by atoms with E-state index in [0.717, 1.165) is 0 Å². The van der Waals surface area contributed by atoms with Gasteiger partial charge in [-0.3, -0.25) is 0 Å². The van der Waals surface area contributed by atoms with E-state index in [1.165, 1.54) is 12.1 Å². The topological polar surface area (TPSA) is 78.4 Å². The van der Waals surface area contributed by atoms with Gasteiger partial charge in [-0.05, 0) is 53.4 Å². The lowest BCUT2D eigenvalue weighted by Gasteiger charge is -2.14. The zero-order valence-electron chi connectivity index (χ0n) is 10.1. The molecule has 2 amide bonds. The molecule has 0 spiro atoms. The predicted octanol–water partition coefficient (Wildman–Crippen LogP) is 2.64. The number of anilines is 1. The maximum absolute atomic E-state index is 13.4. The first-order chi connectivity index (χ1) is 8.84. The molecule has 7 heteroatoms. The standard InChI is InChI=1S/C12H12BrFN2O3/c1-6-4-7(13)8(14)5-9(6)15-11(19)16-12(2-3-12)10(17)18/h4-5H,2-3H2,1H3,(H,17,18)(H2,15,16,19). The third-order valence-corrected chi connectivity index (χ3v) is 3.64. The number of carboxylic acids is 1. The second-order valence-corrected chi connectivity index (χ2v) is 5.40. The van der Waals surface area contributed by atoms with E-state index >= 15 is 0 Å². The largest absolute Gasteiger partial charge is 0.480 e. The van der Waals surface area contributed by atoms with Gasteiger partial charge in [0.2, 0.25) is 0 Å². The minimum absolute atomic E-state index is 0.305. The lowest BCUT2D eigenvalue weighted by Crippen LogP contribution is -2.45. The Morgan fingerprint density at radius 3 is 2.58 bits per heavy atom. The van der Waals surface area contributed by atoms with Crippen LogP contribution in [0.4, 0.5) is 14.9 Å². The third kappa shape index (κ3) is 2.86. The summed E-state index contributed by atoms with van der Waals surface area (Å²) in [6.45, 7) is 1.71. The Labute approximate surface area is 117 Å². The average molecular weight is 331 g/mol. The number of carbonyl (C=O) groups is 2. The first kappa shape index (κ1) is 13.8. The van der Waals surface area contributed by atoms with Gasteiger partial charge in [-0.1, -0.05) is 0 Å². The van der Waals surface area contributed by atoms with Crippen molar-refractivity contribution in [3.63, 3.8) is 0 Å². The van der Waals surface area contributed by atoms with E-state index in [0.29, 0.717) is 28.6 Å². The molecule has 1 saturated carbocycles. The van der Waals surface area contributed by atoms with Gasteiger partial charge in [-0.2, -0.15) is 0 Å². The number of nitrogens with one attached hydrogen (secondary N) is 2. The molecule has 1 aromatic carbocycles. The number of carboxylic acid groups (broad SMARTS) is 1. The van der Waals surface area contributed by atoms with Gasteiger partial charge >= 0.3 is 12.0 Å². The summed E-state index contributed by atoms with van der Waals surface area (Å²) >= 11 is 3.04. The van der Waals surface area contributed by atoms with Crippen LogP contribution in [0.2, 0.25) is 0 Å². The Morgan fingerprint density at radius 1 is 1.42 bits per heavy atom. The highest BCUT2D eigenvalue weighted by molar-refractivity contribution is 9.10. The van der Waals surface area contributed by atoms with E-state index in [4.69, 9.17) is 5.11 Å². The molecular weight excluding hydrogens is 319 g/mol. The lowest BCUT2D eigenvalue weighted by molar-refractivity contribution is -0.140. The number of halogens is 2. The Balaban J connectivity index is 2.08. The molecule has 1 aliphatic rings. The highest BCUT2D eigenvalue weighted by atomic mass is 79.9. The normalized spacial score (nSPS) is 15.7. The van der Waals surface area contributed by atoms with Crippen molar-refractivity contribution < 1.29 is 19.1 Å². The van der Waals surface area contributed by atoms with Crippen LogP contribution in [0.25, 0.3) is 0 Å². The molecule has 1 aliphatic carbocycles. The van der Waals surface area contributed by atoms with Crippen molar-refractivity contribution in [2.45, 2.75) is 25.3 Å². The molecule has 1 fully saturated rings. The Kier molecular flexibility index (Phi) is 3.49. The van der Waals surface area contributed by atoms with Gasteiger partial charge in [0.25, 0.3) is 0 Å². The van der Waals surface area contributed by atoms with Crippen LogP contribution in [0.5, 0.6) is 0 Å². The number of hydrogen-bond acceptors (Lipinski definition) is 2. The number of urea groups is 1. The highest BCUT2D eigenvalue weighted by Gasteiger charge is 2.51. The molecule has 102 valence electrons. The van der Waals surface area contributed by atoms with Crippen LogP contribution in [0.1, 0.15) is 18.4 Å². The summed E-state index contributed by atoms with van der Waals surface area (Å²) in [5.41, 5.74) is -0.186. The van der Waals surface area contributed by atoms with Crippen molar-refractivity contribution >= 4 is 33.6 Å². The van der Waals surface area contributed by atoms with Crippen LogP contribution in [0.15, 0.2) is 16.6 Å². The maximum atomic E-state index is 13.4. The van der Waals surface area contributed by atoms with Crippen LogP contribution in [0.3, 0.4) is 0 Å². The molecule has 0 aliphatic heterocycles. The third-order valence-electron chi connectivity index (χ3n) is 3.03. The van der Waals surface area contributed by atoms with E-state index in [2.05, 4.69) is 26.6 Å². The van der Waals surface area contributed by atoms with Crippen molar-refractivity contribution in [2.24, 2.45) is 0 Å². The zero-order valence-corrected chi connectivity index (χ0v) is 11.7. The van der Waals surface area contributed by atoms with Crippen molar-refractivity contribution in [2.75, 3.05) is 5.32 Å². The van der Waals surface area contributed by atoms with Gasteiger partial charge < -0.3 is 15.7 Å². The number of benzene rings is 1. The number of aliphatic carboxylic acids is 1. The fourth-order valence-electron chi connectivity index (χ4n) is 1.67. The molecule has 1 aromatic rings. The molecule has 0 radical (unpaired) electrons. The lowest BCUT2D eigenvalue weighted by atomic mass is 10.2. The molecule has 0 atom stereocenters. The number of amides is 2. The molecule has 19 heavy (non-hydrogen) atoms. The molecule has 0 heterocycles. The summed E-state index contributed by atoms with van der Waals surface area (Å²) in [6.07, 6.45) is 0.812. The van der Waals surface area contributed by atoms with E-state index in [1.54, 1.807) is 6.92 Å². The van der Waals surface area contributed by atoms with Crippen molar-refractivity contribution in [3.8, 4) is 0 Å². The van der Waals surface area contributed by atoms with E-state index in [9.17, 15) is 14.0 Å².